The van der Waals surface area contributed by atoms with Gasteiger partial charge in [-0.15, -0.1) is 5.10 Å². The van der Waals surface area contributed by atoms with E-state index in [-0.39, 0.29) is 18.5 Å². The van der Waals surface area contributed by atoms with E-state index < -0.39 is 0 Å². The average molecular weight is 462 g/mol. The van der Waals surface area contributed by atoms with Crippen LogP contribution in [0.2, 0.25) is 5.02 Å². The van der Waals surface area contributed by atoms with E-state index in [2.05, 4.69) is 21.2 Å². The molecule has 0 saturated carbocycles. The number of aliphatic hydroxyl groups excluding tert-OH is 1. The molecule has 9 heteroatoms. The van der Waals surface area contributed by atoms with Crippen LogP contribution >= 0.6 is 11.6 Å². The highest BCUT2D eigenvalue weighted by Crippen LogP contribution is 2.30. The molecule has 1 fully saturated rings. The molecule has 3 aromatic rings. The molecule has 0 bridgehead atoms. The molecule has 3 N–H and O–H groups in total. The number of methoxy groups -OCH3 is 1. The number of benzene rings is 2. The van der Waals surface area contributed by atoms with Crippen LogP contribution in [0.15, 0.2) is 36.4 Å². The van der Waals surface area contributed by atoms with E-state index in [1.165, 1.54) is 0 Å². The summed E-state index contributed by atoms with van der Waals surface area (Å²) in [6, 6.07) is 13.5. The molecule has 0 atom stereocenters. The number of fused-ring (bicyclic) bond motifs is 1. The zero-order valence-corrected chi connectivity index (χ0v) is 18.6. The molecular weight excluding hydrogens is 439 g/mol. The van der Waals surface area contributed by atoms with Gasteiger partial charge in [0, 0.05) is 24.0 Å². The summed E-state index contributed by atoms with van der Waals surface area (Å²) in [6.07, 6.45) is 1.17. The summed E-state index contributed by atoms with van der Waals surface area (Å²) < 4.78 is 5.21. The largest absolute Gasteiger partial charge is 1.00 e. The fourth-order valence-corrected chi connectivity index (χ4v) is 4.02. The summed E-state index contributed by atoms with van der Waals surface area (Å²) >= 11 is 6.24. The van der Waals surface area contributed by atoms with Crippen LogP contribution in [0.3, 0.4) is 0 Å². The predicted molar refractivity (Wildman–Crippen MR) is 115 cm³/mol. The third-order valence-corrected chi connectivity index (χ3v) is 5.72. The molecule has 7 nitrogen and oxygen atoms in total. The lowest BCUT2D eigenvalue weighted by Crippen LogP contribution is -3.00. The highest BCUT2D eigenvalue weighted by Gasteiger charge is 2.22. The van der Waals surface area contributed by atoms with Crippen LogP contribution < -0.4 is 27.4 Å². The summed E-state index contributed by atoms with van der Waals surface area (Å²) in [5.41, 5.74) is 1.61. The number of quaternary nitrogens is 1. The van der Waals surface area contributed by atoms with Crippen molar-refractivity contribution in [2.75, 3.05) is 25.1 Å². The van der Waals surface area contributed by atoms with Crippen molar-refractivity contribution in [2.45, 2.75) is 25.5 Å². The van der Waals surface area contributed by atoms with Crippen molar-refractivity contribution >= 4 is 34.0 Å². The van der Waals surface area contributed by atoms with E-state index in [1.807, 2.05) is 35.6 Å². The highest BCUT2D eigenvalue weighted by atomic mass is 35.5. The minimum atomic E-state index is -0.255. The minimum absolute atomic E-state index is 0. The first-order valence-electron chi connectivity index (χ1n) is 9.88. The Bertz CT molecular complexity index is 1110. The van der Waals surface area contributed by atoms with Crippen molar-refractivity contribution in [3.63, 3.8) is 0 Å². The van der Waals surface area contributed by atoms with Crippen LogP contribution in [0.1, 0.15) is 24.0 Å². The van der Waals surface area contributed by atoms with Crippen molar-refractivity contribution in [3.05, 3.63) is 52.5 Å². The second kappa shape index (κ2) is 10.1. The molecule has 1 aliphatic heterocycles. The Labute approximate surface area is 192 Å². The molecule has 2 aromatic carbocycles. The fraction of sp³-hybridized carbons (Fsp3) is 0.318. The molecule has 162 valence electrons. The van der Waals surface area contributed by atoms with Gasteiger partial charge in [0.05, 0.1) is 35.3 Å². The number of ether oxygens (including phenoxy) is 1. The molecule has 0 aliphatic carbocycles. The van der Waals surface area contributed by atoms with Crippen LogP contribution in [-0.2, 0) is 6.54 Å². The molecule has 31 heavy (non-hydrogen) atoms. The van der Waals surface area contributed by atoms with Crippen molar-refractivity contribution in [1.29, 1.82) is 5.26 Å². The molecule has 2 heterocycles. The van der Waals surface area contributed by atoms with Gasteiger partial charge in [0.2, 0.25) is 0 Å². The number of aliphatic hydroxyl groups is 1. The van der Waals surface area contributed by atoms with Crippen LogP contribution in [0.25, 0.3) is 10.8 Å². The summed E-state index contributed by atoms with van der Waals surface area (Å²) in [5.74, 6) is 2.17. The number of aromatic nitrogens is 2. The number of halogens is 2. The van der Waals surface area contributed by atoms with Crippen LogP contribution in [0.5, 0.6) is 5.75 Å². The van der Waals surface area contributed by atoms with Crippen LogP contribution in [0, 0.1) is 11.3 Å². The second-order valence-electron chi connectivity index (χ2n) is 7.38. The van der Waals surface area contributed by atoms with E-state index in [4.69, 9.17) is 16.3 Å². The Hall–Kier alpha value is -2.63. The number of anilines is 1. The van der Waals surface area contributed by atoms with E-state index in [9.17, 15) is 10.4 Å². The lowest BCUT2D eigenvalue weighted by atomic mass is 10.1. The van der Waals surface area contributed by atoms with Crippen LogP contribution in [0.4, 0.5) is 11.6 Å². The van der Waals surface area contributed by atoms with Gasteiger partial charge in [-0.3, -0.25) is 5.32 Å². The molecule has 1 saturated heterocycles. The van der Waals surface area contributed by atoms with Gasteiger partial charge in [0.15, 0.2) is 5.82 Å². The number of nitriles is 1. The number of rotatable bonds is 5. The van der Waals surface area contributed by atoms with E-state index in [0.29, 0.717) is 35.7 Å². The molecule has 1 aliphatic rings. The Morgan fingerprint density at radius 2 is 2.06 bits per heavy atom. The Balaban J connectivity index is 0.00000272. The lowest BCUT2D eigenvalue weighted by Gasteiger charge is -2.30. The van der Waals surface area contributed by atoms with Gasteiger partial charge in [-0.25, -0.2) is 0 Å². The predicted octanol–water partition coefficient (Wildman–Crippen LogP) is -0.476. The zero-order valence-electron chi connectivity index (χ0n) is 17.1. The number of nitrogens with two attached hydrogens (primary N) is 1. The lowest BCUT2D eigenvalue weighted by molar-refractivity contribution is -0.591. The van der Waals surface area contributed by atoms with Gasteiger partial charge in [-0.1, -0.05) is 16.7 Å². The minimum Gasteiger partial charge on any atom is -1.00 e. The topological polar surface area (TPSA) is 98.9 Å². The van der Waals surface area contributed by atoms with Gasteiger partial charge in [-0.05, 0) is 49.2 Å². The molecule has 0 radical (unpaired) electrons. The summed E-state index contributed by atoms with van der Waals surface area (Å²) in [4.78, 5) is 2.15. The molecular formula is C22H23Cl2N5O2. The van der Waals surface area contributed by atoms with E-state index >= 15 is 0 Å². The molecule has 4 rings (SSSR count). The normalized spacial score (nSPS) is 14.2. The number of nitrogens with zero attached hydrogens (tertiary/aromatic N) is 4. The first-order valence-corrected chi connectivity index (χ1v) is 10.3. The quantitative estimate of drug-likeness (QED) is 0.532. The van der Waals surface area contributed by atoms with Gasteiger partial charge >= 0.3 is 0 Å². The SMILES string of the molecule is COc1ccc(C[NH2+][14c]2nnc(N3CCC(O)CC3)c3ccc(C#N)cc32)cc1Cl.[Cl-]. The molecule has 0 spiro atoms. The highest BCUT2D eigenvalue weighted by molar-refractivity contribution is 6.32. The maximum atomic E-state index is 9.81. The Morgan fingerprint density at radius 3 is 2.74 bits per heavy atom. The smallest absolute Gasteiger partial charge is 0.252 e. The third kappa shape index (κ3) is 5.00. The van der Waals surface area contributed by atoms with Crippen molar-refractivity contribution in [1.82, 2.24) is 10.2 Å². The monoisotopic (exact) mass is 461 g/mol. The Morgan fingerprint density at radius 1 is 1.29 bits per heavy atom. The summed E-state index contributed by atoms with van der Waals surface area (Å²) in [6.45, 7) is 2.09. The molecule has 0 amide bonds. The van der Waals surface area contributed by atoms with Gasteiger partial charge in [0.1, 0.15) is 12.3 Å². The van der Waals surface area contributed by atoms with Gasteiger partial charge < -0.3 is 27.2 Å². The standard InChI is InChI=1S/C22H22ClN5O2.ClH/c1-30-20-5-3-15(11-19(20)23)13-25-21-18-10-14(12-24)2-4-17(18)22(27-26-21)28-8-6-16(29)7-9-28;/h2-5,10-11,16,29H,6-9,13H2,1H3,(H,25,26);1H/i21+2;. The Kier molecular flexibility index (Phi) is 7.52. The molecule has 1 aromatic heterocycles. The van der Waals surface area contributed by atoms with Crippen molar-refractivity contribution in [2.24, 2.45) is 0 Å². The van der Waals surface area contributed by atoms with Crippen LogP contribution in [-0.4, -0.2) is 41.6 Å². The molecule has 0 unspecified atom stereocenters. The number of hydrogen-bond acceptors (Lipinski definition) is 6. The summed E-state index contributed by atoms with van der Waals surface area (Å²) in [5, 5.41) is 32.6. The van der Waals surface area contributed by atoms with E-state index in [0.717, 1.165) is 41.1 Å². The van der Waals surface area contributed by atoms with Crippen molar-refractivity contribution < 1.29 is 27.6 Å². The maximum absolute atomic E-state index is 9.81. The van der Waals surface area contributed by atoms with E-state index in [1.54, 1.807) is 13.2 Å². The third-order valence-electron chi connectivity index (χ3n) is 5.43. The average Bonchev–Trinajstić information content (AvgIpc) is 2.77. The maximum Gasteiger partial charge on any atom is 0.252 e. The first-order chi connectivity index (χ1) is 14.6. The van der Waals surface area contributed by atoms with Gasteiger partial charge in [0.25, 0.3) is 5.82 Å². The summed E-state index contributed by atoms with van der Waals surface area (Å²) in [7, 11) is 1.59. The van der Waals surface area contributed by atoms with Crippen molar-refractivity contribution in [3.8, 4) is 11.8 Å². The number of hydrogen-bond donors (Lipinski definition) is 2. The first kappa shape index (κ1) is 23.0. The zero-order chi connectivity index (χ0) is 21.1. The second-order valence-corrected chi connectivity index (χ2v) is 7.78. The van der Waals surface area contributed by atoms with Gasteiger partial charge in [-0.2, -0.15) is 5.26 Å². The number of piperidine rings is 1. The fourth-order valence-electron chi connectivity index (χ4n) is 3.74.